The first-order chi connectivity index (χ1) is 9.58. The Balaban J connectivity index is 2.53. The number of pyridine rings is 1. The van der Waals surface area contributed by atoms with Crippen LogP contribution in [0.3, 0.4) is 0 Å². The molecule has 0 fully saturated rings. The third-order valence-corrected chi connectivity index (χ3v) is 3.64. The van der Waals surface area contributed by atoms with Crippen molar-refractivity contribution in [3.05, 3.63) is 58.4 Å². The van der Waals surface area contributed by atoms with Gasteiger partial charge < -0.3 is 4.74 Å². The summed E-state index contributed by atoms with van der Waals surface area (Å²) in [6.45, 7) is 6.14. The average Bonchev–Trinajstić information content (AvgIpc) is 2.45. The van der Waals surface area contributed by atoms with Crippen molar-refractivity contribution in [2.45, 2.75) is 26.8 Å². The molecule has 0 spiro atoms. The summed E-state index contributed by atoms with van der Waals surface area (Å²) in [7, 11) is 1.69. The Morgan fingerprint density at radius 2 is 1.85 bits per heavy atom. The molecular weight excluding hydrogens is 250 g/mol. The van der Waals surface area contributed by atoms with Crippen molar-refractivity contribution in [2.75, 3.05) is 7.11 Å². The van der Waals surface area contributed by atoms with Gasteiger partial charge in [-0.2, -0.15) is 0 Å². The maximum absolute atomic E-state index is 5.79. The molecule has 4 nitrogen and oxygen atoms in total. The lowest BCUT2D eigenvalue weighted by Crippen LogP contribution is -2.30. The standard InChI is InChI=1S/C16H21N3O/c1-10-8-15(20-4)11(2)7-14(10)16(19-17)13-5-6-18-9-12(13)3/h5-9,16,19H,17H2,1-4H3. The van der Waals surface area contributed by atoms with Crippen molar-refractivity contribution < 1.29 is 4.74 Å². The van der Waals surface area contributed by atoms with E-state index < -0.39 is 0 Å². The number of benzene rings is 1. The van der Waals surface area contributed by atoms with E-state index in [-0.39, 0.29) is 6.04 Å². The maximum atomic E-state index is 5.79. The Hall–Kier alpha value is -1.91. The van der Waals surface area contributed by atoms with Crippen LogP contribution < -0.4 is 16.0 Å². The summed E-state index contributed by atoms with van der Waals surface area (Å²) in [6.07, 6.45) is 3.64. The van der Waals surface area contributed by atoms with E-state index in [1.165, 1.54) is 0 Å². The lowest BCUT2D eigenvalue weighted by molar-refractivity contribution is 0.411. The number of nitrogens with two attached hydrogens (primary N) is 1. The van der Waals surface area contributed by atoms with E-state index in [0.717, 1.165) is 33.6 Å². The van der Waals surface area contributed by atoms with Gasteiger partial charge in [-0.05, 0) is 60.7 Å². The van der Waals surface area contributed by atoms with E-state index in [9.17, 15) is 0 Å². The van der Waals surface area contributed by atoms with E-state index >= 15 is 0 Å². The molecule has 2 aromatic rings. The van der Waals surface area contributed by atoms with Crippen LogP contribution >= 0.6 is 0 Å². The molecule has 0 aliphatic rings. The second-order valence-electron chi connectivity index (χ2n) is 5.01. The first kappa shape index (κ1) is 14.5. The van der Waals surface area contributed by atoms with Crippen molar-refractivity contribution in [3.8, 4) is 5.75 Å². The minimum absolute atomic E-state index is 0.0531. The third-order valence-electron chi connectivity index (χ3n) is 3.64. The zero-order valence-corrected chi connectivity index (χ0v) is 12.4. The van der Waals surface area contributed by atoms with Crippen molar-refractivity contribution in [2.24, 2.45) is 5.84 Å². The summed E-state index contributed by atoms with van der Waals surface area (Å²) in [5.41, 5.74) is 8.56. The first-order valence-electron chi connectivity index (χ1n) is 6.60. The molecule has 1 aromatic heterocycles. The van der Waals surface area contributed by atoms with Gasteiger partial charge in [-0.3, -0.25) is 10.8 Å². The number of ether oxygens (including phenoxy) is 1. The lowest BCUT2D eigenvalue weighted by Gasteiger charge is -2.22. The van der Waals surface area contributed by atoms with E-state index in [1.807, 2.05) is 32.2 Å². The number of aromatic nitrogens is 1. The van der Waals surface area contributed by atoms with E-state index in [0.29, 0.717) is 0 Å². The quantitative estimate of drug-likeness (QED) is 0.663. The maximum Gasteiger partial charge on any atom is 0.122 e. The van der Waals surface area contributed by atoms with Gasteiger partial charge in [0.25, 0.3) is 0 Å². The minimum atomic E-state index is -0.0531. The van der Waals surface area contributed by atoms with Crippen molar-refractivity contribution in [3.63, 3.8) is 0 Å². The van der Waals surface area contributed by atoms with Gasteiger partial charge in [0.1, 0.15) is 5.75 Å². The Bertz CT molecular complexity index is 611. The lowest BCUT2D eigenvalue weighted by atomic mass is 9.92. The molecule has 0 amide bonds. The summed E-state index contributed by atoms with van der Waals surface area (Å²) in [6, 6.07) is 6.12. The molecule has 4 heteroatoms. The second-order valence-corrected chi connectivity index (χ2v) is 5.01. The summed E-state index contributed by atoms with van der Waals surface area (Å²) in [5, 5.41) is 0. The van der Waals surface area contributed by atoms with Gasteiger partial charge in [0.05, 0.1) is 13.2 Å². The van der Waals surface area contributed by atoms with Crippen molar-refractivity contribution in [1.29, 1.82) is 0 Å². The Morgan fingerprint density at radius 3 is 2.45 bits per heavy atom. The van der Waals surface area contributed by atoms with Crippen LogP contribution in [-0.2, 0) is 0 Å². The van der Waals surface area contributed by atoms with E-state index in [1.54, 1.807) is 13.3 Å². The molecule has 1 aromatic carbocycles. The molecule has 1 atom stereocenters. The Morgan fingerprint density at radius 1 is 1.10 bits per heavy atom. The van der Waals surface area contributed by atoms with Crippen molar-refractivity contribution in [1.82, 2.24) is 10.4 Å². The largest absolute Gasteiger partial charge is 0.496 e. The van der Waals surface area contributed by atoms with Gasteiger partial charge in [-0.15, -0.1) is 0 Å². The predicted octanol–water partition coefficient (Wildman–Crippen LogP) is 2.57. The third kappa shape index (κ3) is 2.66. The monoisotopic (exact) mass is 271 g/mol. The van der Waals surface area contributed by atoms with Gasteiger partial charge in [0.2, 0.25) is 0 Å². The number of aryl methyl sites for hydroxylation is 3. The highest BCUT2D eigenvalue weighted by Gasteiger charge is 2.18. The number of hydrogen-bond donors (Lipinski definition) is 2. The normalized spacial score (nSPS) is 12.2. The summed E-state index contributed by atoms with van der Waals surface area (Å²) < 4.78 is 5.36. The highest BCUT2D eigenvalue weighted by Crippen LogP contribution is 2.30. The molecule has 106 valence electrons. The molecule has 2 rings (SSSR count). The van der Waals surface area contributed by atoms with Crippen LogP contribution in [0.1, 0.15) is 33.9 Å². The molecular formula is C16H21N3O. The summed E-state index contributed by atoms with van der Waals surface area (Å²) in [5.74, 6) is 6.69. The molecule has 0 radical (unpaired) electrons. The van der Waals surface area contributed by atoms with Crippen LogP contribution in [-0.4, -0.2) is 12.1 Å². The van der Waals surface area contributed by atoms with Gasteiger partial charge in [0, 0.05) is 12.4 Å². The van der Waals surface area contributed by atoms with Crippen LogP contribution in [0.15, 0.2) is 30.6 Å². The summed E-state index contributed by atoms with van der Waals surface area (Å²) in [4.78, 5) is 4.13. The molecule has 20 heavy (non-hydrogen) atoms. The van der Waals surface area contributed by atoms with Crippen LogP contribution in [0.5, 0.6) is 5.75 Å². The summed E-state index contributed by atoms with van der Waals surface area (Å²) >= 11 is 0. The van der Waals surface area contributed by atoms with Crippen LogP contribution in [0.4, 0.5) is 0 Å². The van der Waals surface area contributed by atoms with Gasteiger partial charge in [-0.25, -0.2) is 5.43 Å². The zero-order valence-electron chi connectivity index (χ0n) is 12.4. The van der Waals surface area contributed by atoms with Gasteiger partial charge >= 0.3 is 0 Å². The number of hydrazine groups is 1. The highest BCUT2D eigenvalue weighted by molar-refractivity contribution is 5.46. The molecule has 1 unspecified atom stereocenters. The molecule has 0 aliphatic heterocycles. The Kier molecular flexibility index (Phi) is 4.37. The smallest absolute Gasteiger partial charge is 0.122 e. The Labute approximate surface area is 120 Å². The molecule has 0 saturated carbocycles. The van der Waals surface area contributed by atoms with E-state index in [4.69, 9.17) is 10.6 Å². The van der Waals surface area contributed by atoms with Crippen LogP contribution in [0.25, 0.3) is 0 Å². The molecule has 1 heterocycles. The molecule has 0 saturated heterocycles. The highest BCUT2D eigenvalue weighted by atomic mass is 16.5. The molecule has 0 aliphatic carbocycles. The van der Waals surface area contributed by atoms with E-state index in [2.05, 4.69) is 23.4 Å². The number of nitrogens with one attached hydrogen (secondary N) is 1. The fourth-order valence-electron chi connectivity index (χ4n) is 2.50. The second kappa shape index (κ2) is 6.03. The van der Waals surface area contributed by atoms with Crippen molar-refractivity contribution >= 4 is 0 Å². The van der Waals surface area contributed by atoms with Gasteiger partial charge in [0.15, 0.2) is 0 Å². The number of methoxy groups -OCH3 is 1. The number of hydrogen-bond acceptors (Lipinski definition) is 4. The molecule has 3 N–H and O–H groups in total. The van der Waals surface area contributed by atoms with Gasteiger partial charge in [-0.1, -0.05) is 6.07 Å². The first-order valence-corrected chi connectivity index (χ1v) is 6.60. The fraction of sp³-hybridized carbons (Fsp3) is 0.312. The average molecular weight is 271 g/mol. The SMILES string of the molecule is COc1cc(C)c(C(NN)c2ccncc2C)cc1C. The minimum Gasteiger partial charge on any atom is -0.496 e. The number of rotatable bonds is 4. The predicted molar refractivity (Wildman–Crippen MR) is 80.6 cm³/mol. The van der Waals surface area contributed by atoms with Crippen LogP contribution in [0.2, 0.25) is 0 Å². The fourth-order valence-corrected chi connectivity index (χ4v) is 2.50. The molecule has 0 bridgehead atoms. The topological polar surface area (TPSA) is 60.2 Å². The zero-order chi connectivity index (χ0) is 14.7. The van der Waals surface area contributed by atoms with Crippen LogP contribution in [0, 0.1) is 20.8 Å². The number of nitrogens with zero attached hydrogens (tertiary/aromatic N) is 1.